The predicted molar refractivity (Wildman–Crippen MR) is 72.6 cm³/mol. The van der Waals surface area contributed by atoms with Gasteiger partial charge in [0.2, 0.25) is 0 Å². The average Bonchev–Trinajstić information content (AvgIpc) is 2.90. The maximum absolute atomic E-state index is 3.40. The van der Waals surface area contributed by atoms with Crippen molar-refractivity contribution >= 4 is 5.69 Å². The number of rotatable bonds is 5. The molecule has 4 nitrogen and oxygen atoms in total. The van der Waals surface area contributed by atoms with Crippen molar-refractivity contribution in [3.05, 3.63) is 18.5 Å². The molecule has 0 spiro atoms. The van der Waals surface area contributed by atoms with Crippen molar-refractivity contribution in [2.75, 3.05) is 44.7 Å². The van der Waals surface area contributed by atoms with Gasteiger partial charge in [-0.2, -0.15) is 0 Å². The van der Waals surface area contributed by atoms with Crippen molar-refractivity contribution in [2.45, 2.75) is 19.4 Å². The molecule has 0 bridgehead atoms. The van der Waals surface area contributed by atoms with Crippen LogP contribution in [0.2, 0.25) is 0 Å². The van der Waals surface area contributed by atoms with Gasteiger partial charge in [0, 0.05) is 58.2 Å². The summed E-state index contributed by atoms with van der Waals surface area (Å²) in [6.45, 7) is 8.11. The molecule has 2 N–H and O–H groups in total. The smallest absolute Gasteiger partial charge is 0.0541 e. The first-order valence-corrected chi connectivity index (χ1v) is 6.56. The number of hydrogen-bond donors (Lipinski definition) is 2. The number of aromatic amines is 1. The number of H-pyrrole nitrogens is 1. The SMILES string of the molecule is CC(CCN(C)c1cc[nH]c1)N1CCNCC1. The Morgan fingerprint density at radius 2 is 2.18 bits per heavy atom. The third kappa shape index (κ3) is 3.48. The second-order valence-electron chi connectivity index (χ2n) is 4.91. The van der Waals surface area contributed by atoms with Crippen molar-refractivity contribution in [2.24, 2.45) is 0 Å². The molecule has 1 aliphatic rings. The van der Waals surface area contributed by atoms with E-state index in [9.17, 15) is 0 Å². The second-order valence-corrected chi connectivity index (χ2v) is 4.91. The molecule has 2 heterocycles. The lowest BCUT2D eigenvalue weighted by Gasteiger charge is -2.33. The molecule has 1 aromatic heterocycles. The van der Waals surface area contributed by atoms with Gasteiger partial charge < -0.3 is 15.2 Å². The van der Waals surface area contributed by atoms with E-state index >= 15 is 0 Å². The normalized spacial score (nSPS) is 19.2. The lowest BCUT2D eigenvalue weighted by molar-refractivity contribution is 0.178. The molecule has 1 aliphatic heterocycles. The summed E-state index contributed by atoms with van der Waals surface area (Å²) in [7, 11) is 2.16. The fourth-order valence-electron chi connectivity index (χ4n) is 2.37. The van der Waals surface area contributed by atoms with E-state index in [1.165, 1.54) is 25.2 Å². The number of piperazine rings is 1. The highest BCUT2D eigenvalue weighted by molar-refractivity contribution is 5.42. The van der Waals surface area contributed by atoms with E-state index in [0.29, 0.717) is 6.04 Å². The van der Waals surface area contributed by atoms with E-state index in [1.807, 2.05) is 6.20 Å². The molecule has 1 saturated heterocycles. The predicted octanol–water partition coefficient (Wildman–Crippen LogP) is 1.13. The minimum Gasteiger partial charge on any atom is -0.373 e. The largest absolute Gasteiger partial charge is 0.373 e. The topological polar surface area (TPSA) is 34.3 Å². The quantitative estimate of drug-likeness (QED) is 0.804. The molecule has 4 heteroatoms. The molecule has 0 aliphatic carbocycles. The van der Waals surface area contributed by atoms with Gasteiger partial charge in [-0.25, -0.2) is 0 Å². The minimum absolute atomic E-state index is 0.679. The molecule has 1 aromatic rings. The van der Waals surface area contributed by atoms with Crippen molar-refractivity contribution in [1.82, 2.24) is 15.2 Å². The summed E-state index contributed by atoms with van der Waals surface area (Å²) in [4.78, 5) is 8.00. The first-order chi connectivity index (χ1) is 8.27. The number of nitrogens with zero attached hydrogens (tertiary/aromatic N) is 2. The maximum atomic E-state index is 3.40. The number of anilines is 1. The fraction of sp³-hybridized carbons (Fsp3) is 0.692. The Hall–Kier alpha value is -1.00. The highest BCUT2D eigenvalue weighted by atomic mass is 15.2. The Labute approximate surface area is 104 Å². The van der Waals surface area contributed by atoms with E-state index in [0.717, 1.165) is 19.6 Å². The van der Waals surface area contributed by atoms with Gasteiger partial charge in [-0.3, -0.25) is 4.90 Å². The Morgan fingerprint density at radius 1 is 1.41 bits per heavy atom. The van der Waals surface area contributed by atoms with Crippen LogP contribution in [-0.2, 0) is 0 Å². The Bertz CT molecular complexity index is 303. The summed E-state index contributed by atoms with van der Waals surface area (Å²) in [5.74, 6) is 0. The van der Waals surface area contributed by atoms with E-state index in [4.69, 9.17) is 0 Å². The first kappa shape index (κ1) is 12.5. The van der Waals surface area contributed by atoms with E-state index in [2.05, 4.69) is 46.3 Å². The molecule has 1 fully saturated rings. The zero-order chi connectivity index (χ0) is 12.1. The summed E-state index contributed by atoms with van der Waals surface area (Å²) < 4.78 is 0. The zero-order valence-electron chi connectivity index (χ0n) is 10.9. The van der Waals surface area contributed by atoms with Crippen LogP contribution in [0.15, 0.2) is 18.5 Å². The third-order valence-electron chi connectivity index (χ3n) is 3.68. The number of hydrogen-bond acceptors (Lipinski definition) is 3. The number of aromatic nitrogens is 1. The van der Waals surface area contributed by atoms with Crippen molar-refractivity contribution < 1.29 is 0 Å². The fourth-order valence-corrected chi connectivity index (χ4v) is 2.37. The molecule has 1 atom stereocenters. The second kappa shape index (κ2) is 6.07. The Balaban J connectivity index is 1.73. The van der Waals surface area contributed by atoms with Gasteiger partial charge in [-0.05, 0) is 19.4 Å². The summed E-state index contributed by atoms with van der Waals surface area (Å²) in [5.41, 5.74) is 1.28. The van der Waals surface area contributed by atoms with Crippen LogP contribution in [0.1, 0.15) is 13.3 Å². The molecule has 1 unspecified atom stereocenters. The van der Waals surface area contributed by atoms with Gasteiger partial charge >= 0.3 is 0 Å². The van der Waals surface area contributed by atoms with Crippen LogP contribution in [-0.4, -0.2) is 55.7 Å². The van der Waals surface area contributed by atoms with Crippen molar-refractivity contribution in [3.8, 4) is 0 Å². The lowest BCUT2D eigenvalue weighted by Crippen LogP contribution is -2.48. The molecule has 17 heavy (non-hydrogen) atoms. The van der Waals surface area contributed by atoms with Gasteiger partial charge in [-0.1, -0.05) is 0 Å². The van der Waals surface area contributed by atoms with Gasteiger partial charge in [0.15, 0.2) is 0 Å². The summed E-state index contributed by atoms with van der Waals surface area (Å²) in [6, 6.07) is 2.80. The first-order valence-electron chi connectivity index (χ1n) is 6.56. The van der Waals surface area contributed by atoms with E-state index in [1.54, 1.807) is 0 Å². The molecule has 0 saturated carbocycles. The lowest BCUT2D eigenvalue weighted by atomic mass is 10.1. The van der Waals surface area contributed by atoms with Crippen molar-refractivity contribution in [3.63, 3.8) is 0 Å². The summed E-state index contributed by atoms with van der Waals surface area (Å²) in [5, 5.41) is 3.40. The van der Waals surface area contributed by atoms with Crippen LogP contribution >= 0.6 is 0 Å². The molecule has 0 amide bonds. The summed E-state index contributed by atoms with van der Waals surface area (Å²) >= 11 is 0. The highest BCUT2D eigenvalue weighted by Crippen LogP contribution is 2.12. The van der Waals surface area contributed by atoms with Crippen LogP contribution in [0.25, 0.3) is 0 Å². The minimum atomic E-state index is 0.679. The van der Waals surface area contributed by atoms with E-state index in [-0.39, 0.29) is 0 Å². The average molecular weight is 236 g/mol. The molecular weight excluding hydrogens is 212 g/mol. The van der Waals surface area contributed by atoms with Gasteiger partial charge in [0.05, 0.1) is 5.69 Å². The Morgan fingerprint density at radius 3 is 2.82 bits per heavy atom. The number of nitrogens with one attached hydrogen (secondary N) is 2. The van der Waals surface area contributed by atoms with E-state index < -0.39 is 0 Å². The van der Waals surface area contributed by atoms with Crippen LogP contribution in [0, 0.1) is 0 Å². The van der Waals surface area contributed by atoms with Gasteiger partial charge in [-0.15, -0.1) is 0 Å². The molecule has 0 aromatic carbocycles. The summed E-state index contributed by atoms with van der Waals surface area (Å²) in [6.07, 6.45) is 5.25. The van der Waals surface area contributed by atoms with Crippen LogP contribution < -0.4 is 10.2 Å². The molecular formula is C13H24N4. The molecule has 2 rings (SSSR count). The van der Waals surface area contributed by atoms with Crippen molar-refractivity contribution in [1.29, 1.82) is 0 Å². The molecule has 96 valence electrons. The third-order valence-corrected chi connectivity index (χ3v) is 3.68. The van der Waals surface area contributed by atoms with Crippen LogP contribution in [0.3, 0.4) is 0 Å². The van der Waals surface area contributed by atoms with Gasteiger partial charge in [0.1, 0.15) is 0 Å². The molecule has 0 radical (unpaired) electrons. The zero-order valence-corrected chi connectivity index (χ0v) is 10.9. The highest BCUT2D eigenvalue weighted by Gasteiger charge is 2.16. The van der Waals surface area contributed by atoms with Crippen LogP contribution in [0.4, 0.5) is 5.69 Å². The van der Waals surface area contributed by atoms with Gasteiger partial charge in [0.25, 0.3) is 0 Å². The Kier molecular flexibility index (Phi) is 4.45. The maximum Gasteiger partial charge on any atom is 0.0541 e. The standard InChI is InChI=1S/C13H24N4/c1-12(17-9-6-14-7-10-17)4-8-16(2)13-3-5-15-11-13/h3,5,11-12,14-15H,4,6-10H2,1-2H3. The van der Waals surface area contributed by atoms with Crippen LogP contribution in [0.5, 0.6) is 0 Å². The monoisotopic (exact) mass is 236 g/mol.